The molecule has 2 aromatic rings. The van der Waals surface area contributed by atoms with Gasteiger partial charge in [-0.05, 0) is 37.6 Å². The number of amidine groups is 1. The van der Waals surface area contributed by atoms with E-state index in [1.807, 2.05) is 30.3 Å². The molecule has 0 fully saturated rings. The van der Waals surface area contributed by atoms with E-state index in [9.17, 15) is 4.39 Å². The number of halogens is 1. The summed E-state index contributed by atoms with van der Waals surface area (Å²) in [4.78, 5) is 2.12. The fourth-order valence-electron chi connectivity index (χ4n) is 2.30. The van der Waals surface area contributed by atoms with E-state index < -0.39 is 0 Å². The molecule has 0 aliphatic heterocycles. The van der Waals surface area contributed by atoms with Crippen LogP contribution < -0.4 is 10.6 Å². The normalized spacial score (nSPS) is 10.7. The summed E-state index contributed by atoms with van der Waals surface area (Å²) in [5.41, 5.74) is 7.97. The Balaban J connectivity index is 2.41. The van der Waals surface area contributed by atoms with Crippen LogP contribution >= 0.6 is 0 Å². The summed E-state index contributed by atoms with van der Waals surface area (Å²) in [7, 11) is 0. The molecule has 0 radical (unpaired) electrons. The first-order valence-corrected chi connectivity index (χ1v) is 6.93. The molecule has 0 saturated heterocycles. The maximum absolute atomic E-state index is 13.4. The molecule has 0 spiro atoms. The number of benzene rings is 2. The second-order valence-electron chi connectivity index (χ2n) is 5.28. The highest BCUT2D eigenvalue weighted by Gasteiger charge is 2.17. The maximum atomic E-state index is 13.4. The van der Waals surface area contributed by atoms with Crippen molar-refractivity contribution in [3.8, 4) is 0 Å². The van der Waals surface area contributed by atoms with E-state index in [1.54, 1.807) is 6.07 Å². The first kappa shape index (κ1) is 15.0. The summed E-state index contributed by atoms with van der Waals surface area (Å²) < 4.78 is 13.4. The Morgan fingerprint density at radius 2 is 1.86 bits per heavy atom. The van der Waals surface area contributed by atoms with Gasteiger partial charge in [0.25, 0.3) is 0 Å². The molecule has 2 rings (SSSR count). The Kier molecular flexibility index (Phi) is 4.58. The predicted octanol–water partition coefficient (Wildman–Crippen LogP) is 3.52. The number of hydrogen-bond acceptors (Lipinski definition) is 2. The van der Waals surface area contributed by atoms with E-state index in [2.05, 4.69) is 18.7 Å². The minimum atomic E-state index is -0.382. The summed E-state index contributed by atoms with van der Waals surface area (Å²) in [5, 5.41) is 7.67. The lowest BCUT2D eigenvalue weighted by molar-refractivity contribution is 0.625. The molecule has 110 valence electrons. The molecule has 0 aromatic heterocycles. The van der Waals surface area contributed by atoms with Crippen LogP contribution in [0.3, 0.4) is 0 Å². The molecule has 0 atom stereocenters. The lowest BCUT2D eigenvalue weighted by atomic mass is 10.1. The fourth-order valence-corrected chi connectivity index (χ4v) is 2.30. The van der Waals surface area contributed by atoms with Crippen molar-refractivity contribution in [2.24, 2.45) is 5.73 Å². The summed E-state index contributed by atoms with van der Waals surface area (Å²) >= 11 is 0. The zero-order chi connectivity index (χ0) is 15.4. The summed E-state index contributed by atoms with van der Waals surface area (Å²) in [6.45, 7) is 4.82. The van der Waals surface area contributed by atoms with E-state index >= 15 is 0 Å². The van der Waals surface area contributed by atoms with Gasteiger partial charge in [0.15, 0.2) is 0 Å². The van der Waals surface area contributed by atoms with Crippen molar-refractivity contribution in [3.63, 3.8) is 0 Å². The van der Waals surface area contributed by atoms with E-state index in [-0.39, 0.29) is 17.7 Å². The van der Waals surface area contributed by atoms with E-state index in [4.69, 9.17) is 11.1 Å². The van der Waals surface area contributed by atoms with Crippen molar-refractivity contribution >= 4 is 11.5 Å². The number of rotatable bonds is 5. The number of nitrogens with zero attached hydrogens (tertiary/aromatic N) is 1. The van der Waals surface area contributed by atoms with Crippen molar-refractivity contribution in [2.75, 3.05) is 4.90 Å². The molecule has 0 aliphatic carbocycles. The molecule has 0 amide bonds. The molecular weight excluding hydrogens is 265 g/mol. The number of nitrogens with two attached hydrogens (primary N) is 1. The Labute approximate surface area is 124 Å². The third-order valence-corrected chi connectivity index (χ3v) is 3.38. The second-order valence-corrected chi connectivity index (χ2v) is 5.28. The van der Waals surface area contributed by atoms with Crippen molar-refractivity contribution in [2.45, 2.75) is 26.4 Å². The van der Waals surface area contributed by atoms with Gasteiger partial charge >= 0.3 is 0 Å². The van der Waals surface area contributed by atoms with Crippen LogP contribution in [0.25, 0.3) is 0 Å². The van der Waals surface area contributed by atoms with Crippen LogP contribution in [0, 0.1) is 11.2 Å². The first-order valence-electron chi connectivity index (χ1n) is 6.93. The van der Waals surface area contributed by atoms with Crippen LogP contribution in [-0.4, -0.2) is 11.9 Å². The Morgan fingerprint density at radius 1 is 1.19 bits per heavy atom. The van der Waals surface area contributed by atoms with Crippen LogP contribution in [0.2, 0.25) is 0 Å². The van der Waals surface area contributed by atoms with Gasteiger partial charge in [0, 0.05) is 23.8 Å². The average molecular weight is 285 g/mol. The lowest BCUT2D eigenvalue weighted by Gasteiger charge is -2.31. The van der Waals surface area contributed by atoms with Crippen LogP contribution in [-0.2, 0) is 6.54 Å². The second kappa shape index (κ2) is 6.39. The quantitative estimate of drug-likeness (QED) is 0.652. The van der Waals surface area contributed by atoms with Crippen molar-refractivity contribution in [3.05, 3.63) is 65.5 Å². The minimum Gasteiger partial charge on any atom is -0.384 e. The molecule has 0 bridgehead atoms. The fraction of sp³-hybridized carbons (Fsp3) is 0.235. The van der Waals surface area contributed by atoms with Crippen LogP contribution in [0.1, 0.15) is 25.0 Å². The molecular formula is C17H20FN3. The van der Waals surface area contributed by atoms with Gasteiger partial charge < -0.3 is 10.6 Å². The van der Waals surface area contributed by atoms with E-state index in [0.717, 1.165) is 11.3 Å². The summed E-state index contributed by atoms with van der Waals surface area (Å²) in [6, 6.07) is 14.7. The van der Waals surface area contributed by atoms with Gasteiger partial charge in [-0.3, -0.25) is 5.41 Å². The van der Waals surface area contributed by atoms with Crippen LogP contribution in [0.15, 0.2) is 48.5 Å². The molecule has 21 heavy (non-hydrogen) atoms. The summed E-state index contributed by atoms with van der Waals surface area (Å²) in [5.74, 6) is -0.504. The van der Waals surface area contributed by atoms with Crippen molar-refractivity contribution in [1.29, 1.82) is 5.41 Å². The van der Waals surface area contributed by atoms with E-state index in [0.29, 0.717) is 12.1 Å². The van der Waals surface area contributed by atoms with Gasteiger partial charge in [-0.15, -0.1) is 0 Å². The monoisotopic (exact) mass is 285 g/mol. The van der Waals surface area contributed by atoms with Crippen molar-refractivity contribution in [1.82, 2.24) is 0 Å². The van der Waals surface area contributed by atoms with Gasteiger partial charge in [0.2, 0.25) is 0 Å². The predicted molar refractivity (Wildman–Crippen MR) is 85.2 cm³/mol. The number of hydrogen-bond donors (Lipinski definition) is 2. The molecule has 0 aliphatic rings. The van der Waals surface area contributed by atoms with Crippen LogP contribution in [0.4, 0.5) is 10.1 Å². The molecule has 0 saturated carbocycles. The Hall–Kier alpha value is -2.36. The zero-order valence-corrected chi connectivity index (χ0v) is 12.3. The molecule has 0 unspecified atom stereocenters. The molecule has 2 aromatic carbocycles. The highest BCUT2D eigenvalue weighted by Crippen LogP contribution is 2.25. The number of anilines is 1. The maximum Gasteiger partial charge on any atom is 0.125 e. The minimum absolute atomic E-state index is 0.122. The average Bonchev–Trinajstić information content (AvgIpc) is 2.46. The molecule has 3 N–H and O–H groups in total. The highest BCUT2D eigenvalue weighted by molar-refractivity contribution is 6.00. The molecule has 0 heterocycles. The first-order chi connectivity index (χ1) is 9.99. The lowest BCUT2D eigenvalue weighted by Crippen LogP contribution is -2.32. The third kappa shape index (κ3) is 3.60. The Bertz CT molecular complexity index is 623. The van der Waals surface area contributed by atoms with Gasteiger partial charge in [-0.2, -0.15) is 0 Å². The standard InChI is InChI=1S/C17H20FN3/c1-12(2)21(11-13-6-4-3-5-7-13)16-9-8-14(18)10-15(16)17(19)20/h3-10,12H,11H2,1-2H3,(H3,19,20). The van der Waals surface area contributed by atoms with Crippen LogP contribution in [0.5, 0.6) is 0 Å². The van der Waals surface area contributed by atoms with Gasteiger partial charge in [0.1, 0.15) is 11.7 Å². The molecule has 4 heteroatoms. The Morgan fingerprint density at radius 3 is 2.43 bits per heavy atom. The van der Waals surface area contributed by atoms with E-state index in [1.165, 1.54) is 12.1 Å². The largest absolute Gasteiger partial charge is 0.384 e. The van der Waals surface area contributed by atoms with Gasteiger partial charge in [-0.25, -0.2) is 4.39 Å². The SMILES string of the molecule is CC(C)N(Cc1ccccc1)c1ccc(F)cc1C(=N)N. The third-order valence-electron chi connectivity index (χ3n) is 3.38. The smallest absolute Gasteiger partial charge is 0.125 e. The van der Waals surface area contributed by atoms with Crippen molar-refractivity contribution < 1.29 is 4.39 Å². The summed E-state index contributed by atoms with van der Waals surface area (Å²) in [6.07, 6.45) is 0. The topological polar surface area (TPSA) is 53.1 Å². The zero-order valence-electron chi connectivity index (χ0n) is 12.3. The van der Waals surface area contributed by atoms with Gasteiger partial charge in [0.05, 0.1) is 0 Å². The number of nitrogens with one attached hydrogen (secondary N) is 1. The molecule has 3 nitrogen and oxygen atoms in total. The van der Waals surface area contributed by atoms with Gasteiger partial charge in [-0.1, -0.05) is 30.3 Å². The number of nitrogen functional groups attached to an aromatic ring is 1. The highest BCUT2D eigenvalue weighted by atomic mass is 19.1.